The summed E-state index contributed by atoms with van der Waals surface area (Å²) < 4.78 is 1.73. The number of hydrogen-bond donors (Lipinski definition) is 0. The van der Waals surface area contributed by atoms with E-state index in [0.29, 0.717) is 11.1 Å². The molecule has 1 saturated carbocycles. The summed E-state index contributed by atoms with van der Waals surface area (Å²) in [5.74, 6) is 0.595. The van der Waals surface area contributed by atoms with Crippen molar-refractivity contribution in [3.8, 4) is 0 Å². The normalized spacial score (nSPS) is 17.1. The van der Waals surface area contributed by atoms with Gasteiger partial charge in [-0.05, 0) is 25.3 Å². The predicted molar refractivity (Wildman–Crippen MR) is 68.6 cm³/mol. The quantitative estimate of drug-likeness (QED) is 0.762. The van der Waals surface area contributed by atoms with Gasteiger partial charge in [-0.3, -0.25) is 0 Å². The molecule has 1 fully saturated rings. The van der Waals surface area contributed by atoms with Gasteiger partial charge in [0, 0.05) is 17.2 Å². The molecule has 90 valence electrons. The minimum atomic E-state index is 0.595. The average Bonchev–Trinajstić information content (AvgIpc) is 2.97. The average molecular weight is 250 g/mol. The molecule has 0 radical (unpaired) electrons. The van der Waals surface area contributed by atoms with Crippen molar-refractivity contribution in [1.82, 2.24) is 14.6 Å². The van der Waals surface area contributed by atoms with Crippen LogP contribution in [0.1, 0.15) is 49.8 Å². The summed E-state index contributed by atoms with van der Waals surface area (Å²) in [6.45, 7) is 2.12. The maximum atomic E-state index is 6.27. The Bertz CT molecular complexity index is 541. The van der Waals surface area contributed by atoms with E-state index in [2.05, 4.69) is 12.0 Å². The molecule has 2 aromatic heterocycles. The lowest BCUT2D eigenvalue weighted by atomic mass is 10.0. The molecule has 0 atom stereocenters. The first-order chi connectivity index (χ1) is 8.29. The van der Waals surface area contributed by atoms with Crippen molar-refractivity contribution >= 4 is 17.2 Å². The van der Waals surface area contributed by atoms with Crippen LogP contribution in [0.5, 0.6) is 0 Å². The largest absolute Gasteiger partial charge is 0.233 e. The highest BCUT2D eigenvalue weighted by Crippen LogP contribution is 2.34. The van der Waals surface area contributed by atoms with Crippen LogP contribution < -0.4 is 0 Å². The molecule has 2 aromatic rings. The highest BCUT2D eigenvalue weighted by Gasteiger charge is 2.20. The SMILES string of the molecule is CCc1cnn2c(Cl)cc(C3CCCC3)nc12. The lowest BCUT2D eigenvalue weighted by molar-refractivity contribution is 0.694. The minimum absolute atomic E-state index is 0.595. The van der Waals surface area contributed by atoms with Crippen LogP contribution in [0.2, 0.25) is 5.15 Å². The third-order valence-electron chi connectivity index (χ3n) is 3.68. The number of hydrogen-bond acceptors (Lipinski definition) is 2. The van der Waals surface area contributed by atoms with E-state index in [4.69, 9.17) is 16.6 Å². The van der Waals surface area contributed by atoms with Crippen molar-refractivity contribution in [3.63, 3.8) is 0 Å². The Labute approximate surface area is 106 Å². The Balaban J connectivity index is 2.13. The zero-order valence-corrected chi connectivity index (χ0v) is 10.7. The third-order valence-corrected chi connectivity index (χ3v) is 3.94. The van der Waals surface area contributed by atoms with Gasteiger partial charge >= 0.3 is 0 Å². The number of rotatable bonds is 2. The highest BCUT2D eigenvalue weighted by molar-refractivity contribution is 6.29. The maximum absolute atomic E-state index is 6.27. The summed E-state index contributed by atoms with van der Waals surface area (Å²) in [5.41, 5.74) is 3.25. The van der Waals surface area contributed by atoms with Gasteiger partial charge in [-0.2, -0.15) is 5.10 Å². The molecule has 0 bridgehead atoms. The number of aryl methyl sites for hydroxylation is 1. The minimum Gasteiger partial charge on any atom is -0.233 e. The summed E-state index contributed by atoms with van der Waals surface area (Å²) in [6.07, 6.45) is 7.93. The zero-order valence-electron chi connectivity index (χ0n) is 9.99. The molecule has 1 aliphatic carbocycles. The van der Waals surface area contributed by atoms with Gasteiger partial charge in [-0.25, -0.2) is 9.50 Å². The van der Waals surface area contributed by atoms with E-state index in [9.17, 15) is 0 Å². The number of aromatic nitrogens is 3. The van der Waals surface area contributed by atoms with Gasteiger partial charge in [-0.1, -0.05) is 31.4 Å². The second-order valence-electron chi connectivity index (χ2n) is 4.74. The molecule has 2 heterocycles. The van der Waals surface area contributed by atoms with Crippen molar-refractivity contribution in [2.75, 3.05) is 0 Å². The fourth-order valence-corrected chi connectivity index (χ4v) is 2.90. The number of halogens is 1. The van der Waals surface area contributed by atoms with Gasteiger partial charge in [-0.15, -0.1) is 0 Å². The van der Waals surface area contributed by atoms with Crippen LogP contribution in [0.3, 0.4) is 0 Å². The molecule has 0 spiro atoms. The second-order valence-corrected chi connectivity index (χ2v) is 5.13. The first-order valence-corrected chi connectivity index (χ1v) is 6.70. The van der Waals surface area contributed by atoms with Gasteiger partial charge in [0.25, 0.3) is 0 Å². The Morgan fingerprint density at radius 2 is 2.18 bits per heavy atom. The fraction of sp³-hybridized carbons (Fsp3) is 0.538. The lowest BCUT2D eigenvalue weighted by Crippen LogP contribution is -2.01. The van der Waals surface area contributed by atoms with E-state index in [0.717, 1.165) is 17.8 Å². The first-order valence-electron chi connectivity index (χ1n) is 6.32. The smallest absolute Gasteiger partial charge is 0.160 e. The van der Waals surface area contributed by atoms with Crippen LogP contribution in [-0.4, -0.2) is 14.6 Å². The molecular formula is C13H16ClN3. The van der Waals surface area contributed by atoms with Gasteiger partial charge in [0.05, 0.1) is 6.20 Å². The summed E-state index contributed by atoms with van der Waals surface area (Å²) in [4.78, 5) is 4.76. The Morgan fingerprint density at radius 3 is 2.88 bits per heavy atom. The van der Waals surface area contributed by atoms with E-state index in [1.54, 1.807) is 4.52 Å². The standard InChI is InChI=1S/C13H16ClN3/c1-2-9-8-15-17-12(14)7-11(16-13(9)17)10-5-3-4-6-10/h7-8,10H,2-6H2,1H3. The Kier molecular flexibility index (Phi) is 2.79. The Morgan fingerprint density at radius 1 is 1.41 bits per heavy atom. The molecule has 3 nitrogen and oxygen atoms in total. The molecule has 1 aliphatic rings. The van der Waals surface area contributed by atoms with Crippen LogP contribution >= 0.6 is 11.6 Å². The van der Waals surface area contributed by atoms with Crippen molar-refractivity contribution in [2.45, 2.75) is 44.9 Å². The van der Waals surface area contributed by atoms with Gasteiger partial charge < -0.3 is 0 Å². The third kappa shape index (κ3) is 1.82. The summed E-state index contributed by atoms with van der Waals surface area (Å²) >= 11 is 6.27. The summed E-state index contributed by atoms with van der Waals surface area (Å²) in [5, 5.41) is 4.96. The van der Waals surface area contributed by atoms with Crippen LogP contribution in [0, 0.1) is 0 Å². The topological polar surface area (TPSA) is 30.2 Å². The number of nitrogens with zero attached hydrogens (tertiary/aromatic N) is 3. The molecule has 0 aliphatic heterocycles. The van der Waals surface area contributed by atoms with E-state index in [1.807, 2.05) is 12.3 Å². The fourth-order valence-electron chi connectivity index (χ4n) is 2.67. The highest BCUT2D eigenvalue weighted by atomic mass is 35.5. The first kappa shape index (κ1) is 11.0. The molecule has 3 rings (SSSR count). The van der Waals surface area contributed by atoms with Gasteiger partial charge in [0.15, 0.2) is 5.65 Å². The predicted octanol–water partition coefficient (Wildman–Crippen LogP) is 3.60. The van der Waals surface area contributed by atoms with Crippen molar-refractivity contribution in [3.05, 3.63) is 28.7 Å². The molecule has 0 unspecified atom stereocenters. The van der Waals surface area contributed by atoms with Crippen LogP contribution in [0.15, 0.2) is 12.3 Å². The second kappa shape index (κ2) is 4.30. The van der Waals surface area contributed by atoms with Crippen LogP contribution in [-0.2, 0) is 6.42 Å². The Hall–Kier alpha value is -1.09. The van der Waals surface area contributed by atoms with Crippen molar-refractivity contribution in [1.29, 1.82) is 0 Å². The molecule has 0 saturated heterocycles. The number of fused-ring (bicyclic) bond motifs is 1. The van der Waals surface area contributed by atoms with E-state index in [1.165, 1.54) is 31.2 Å². The maximum Gasteiger partial charge on any atom is 0.160 e. The molecule has 17 heavy (non-hydrogen) atoms. The van der Waals surface area contributed by atoms with Gasteiger partial charge in [0.1, 0.15) is 5.15 Å². The van der Waals surface area contributed by atoms with E-state index >= 15 is 0 Å². The molecule has 0 amide bonds. The molecule has 0 N–H and O–H groups in total. The van der Waals surface area contributed by atoms with E-state index < -0.39 is 0 Å². The lowest BCUT2D eigenvalue weighted by Gasteiger charge is -2.10. The monoisotopic (exact) mass is 249 g/mol. The van der Waals surface area contributed by atoms with E-state index in [-0.39, 0.29) is 0 Å². The van der Waals surface area contributed by atoms with Crippen molar-refractivity contribution in [2.24, 2.45) is 0 Å². The van der Waals surface area contributed by atoms with Crippen molar-refractivity contribution < 1.29 is 0 Å². The zero-order chi connectivity index (χ0) is 11.8. The molecule has 4 heteroatoms. The molecular weight excluding hydrogens is 234 g/mol. The molecule has 0 aromatic carbocycles. The van der Waals surface area contributed by atoms with Gasteiger partial charge in [0.2, 0.25) is 0 Å². The van der Waals surface area contributed by atoms with Crippen LogP contribution in [0.4, 0.5) is 0 Å². The summed E-state index contributed by atoms with van der Waals surface area (Å²) in [7, 11) is 0. The summed E-state index contributed by atoms with van der Waals surface area (Å²) in [6, 6.07) is 1.98. The van der Waals surface area contributed by atoms with Crippen LogP contribution in [0.25, 0.3) is 5.65 Å².